The molecule has 0 saturated carbocycles. The minimum absolute atomic E-state index is 0.0144. The first-order valence-corrected chi connectivity index (χ1v) is 7.89. The molecule has 1 amide bonds. The minimum atomic E-state index is 0.0144. The number of ether oxygens (including phenoxy) is 1. The standard InChI is InChI=1S/C16H17BrN2O2/c1-2-18-11-12(17)10-14(18)16(20)19-8-5-9-21-15-7-4-3-6-13(15)19/h3-4,6-7,10-11H,2,5,8-9H2,1H3. The molecule has 0 radical (unpaired) electrons. The van der Waals surface area contributed by atoms with Gasteiger partial charge in [0.05, 0.1) is 12.3 Å². The summed E-state index contributed by atoms with van der Waals surface area (Å²) in [5, 5.41) is 0. The predicted octanol–water partition coefficient (Wildman–Crippen LogP) is 3.70. The molecule has 5 heteroatoms. The molecule has 0 atom stereocenters. The van der Waals surface area contributed by atoms with Gasteiger partial charge >= 0.3 is 0 Å². The number of benzene rings is 1. The van der Waals surface area contributed by atoms with Crippen LogP contribution in [0.4, 0.5) is 5.69 Å². The van der Waals surface area contributed by atoms with Crippen molar-refractivity contribution in [3.63, 3.8) is 0 Å². The van der Waals surface area contributed by atoms with Crippen LogP contribution < -0.4 is 9.64 Å². The van der Waals surface area contributed by atoms with Gasteiger partial charge in [-0.2, -0.15) is 0 Å². The molecule has 1 aliphatic rings. The third kappa shape index (κ3) is 2.70. The average Bonchev–Trinajstić information content (AvgIpc) is 2.75. The molecule has 0 N–H and O–H groups in total. The summed E-state index contributed by atoms with van der Waals surface area (Å²) in [4.78, 5) is 14.8. The number of carbonyl (C=O) groups excluding carboxylic acids is 1. The molecule has 2 heterocycles. The van der Waals surface area contributed by atoms with Crippen molar-refractivity contribution in [2.45, 2.75) is 19.9 Å². The summed E-state index contributed by atoms with van der Waals surface area (Å²) in [6.07, 6.45) is 2.77. The van der Waals surface area contributed by atoms with Crippen LogP contribution in [0.3, 0.4) is 0 Å². The van der Waals surface area contributed by atoms with E-state index in [0.29, 0.717) is 18.8 Å². The Bertz CT molecular complexity index is 666. The van der Waals surface area contributed by atoms with Crippen molar-refractivity contribution in [3.8, 4) is 5.75 Å². The highest BCUT2D eigenvalue weighted by molar-refractivity contribution is 9.10. The molecule has 0 spiro atoms. The maximum absolute atomic E-state index is 12.9. The number of amides is 1. The largest absolute Gasteiger partial charge is 0.491 e. The molecular weight excluding hydrogens is 332 g/mol. The SMILES string of the molecule is CCn1cc(Br)cc1C(=O)N1CCCOc2ccccc21. The second-order valence-electron chi connectivity index (χ2n) is 4.96. The third-order valence-electron chi connectivity index (χ3n) is 3.61. The number of nitrogens with zero attached hydrogens (tertiary/aromatic N) is 2. The van der Waals surface area contributed by atoms with Gasteiger partial charge in [0.2, 0.25) is 0 Å². The lowest BCUT2D eigenvalue weighted by Crippen LogP contribution is -2.33. The molecule has 0 fully saturated rings. The number of para-hydroxylation sites is 2. The molecular formula is C16H17BrN2O2. The topological polar surface area (TPSA) is 34.5 Å². The van der Waals surface area contributed by atoms with Gasteiger partial charge in [-0.3, -0.25) is 4.79 Å². The van der Waals surface area contributed by atoms with E-state index in [1.807, 2.05) is 52.9 Å². The summed E-state index contributed by atoms with van der Waals surface area (Å²) in [6.45, 7) is 4.10. The number of rotatable bonds is 2. The zero-order valence-corrected chi connectivity index (χ0v) is 13.5. The van der Waals surface area contributed by atoms with Crippen LogP contribution in [0.2, 0.25) is 0 Å². The van der Waals surface area contributed by atoms with Crippen LogP contribution in [0.1, 0.15) is 23.8 Å². The summed E-state index contributed by atoms with van der Waals surface area (Å²) in [6, 6.07) is 9.59. The van der Waals surface area contributed by atoms with Gasteiger partial charge in [-0.05, 0) is 47.5 Å². The van der Waals surface area contributed by atoms with Crippen LogP contribution in [0.15, 0.2) is 41.0 Å². The van der Waals surface area contributed by atoms with Gasteiger partial charge in [-0.15, -0.1) is 0 Å². The zero-order valence-electron chi connectivity index (χ0n) is 11.9. The van der Waals surface area contributed by atoms with Crippen molar-refractivity contribution in [3.05, 3.63) is 46.7 Å². The molecule has 0 saturated heterocycles. The lowest BCUT2D eigenvalue weighted by molar-refractivity contribution is 0.0978. The Morgan fingerprint density at radius 1 is 1.38 bits per heavy atom. The van der Waals surface area contributed by atoms with E-state index < -0.39 is 0 Å². The highest BCUT2D eigenvalue weighted by atomic mass is 79.9. The lowest BCUT2D eigenvalue weighted by Gasteiger charge is -2.22. The number of carbonyl (C=O) groups is 1. The predicted molar refractivity (Wildman–Crippen MR) is 86.0 cm³/mol. The molecule has 0 unspecified atom stereocenters. The number of aryl methyl sites for hydroxylation is 1. The number of anilines is 1. The van der Waals surface area contributed by atoms with Gasteiger partial charge in [-0.25, -0.2) is 0 Å². The zero-order chi connectivity index (χ0) is 14.8. The van der Waals surface area contributed by atoms with Crippen LogP contribution in [0.25, 0.3) is 0 Å². The summed E-state index contributed by atoms with van der Waals surface area (Å²) >= 11 is 3.45. The number of aromatic nitrogens is 1. The molecule has 110 valence electrons. The van der Waals surface area contributed by atoms with E-state index in [2.05, 4.69) is 15.9 Å². The second-order valence-corrected chi connectivity index (χ2v) is 5.87. The van der Waals surface area contributed by atoms with E-state index in [0.717, 1.165) is 28.9 Å². The summed E-state index contributed by atoms with van der Waals surface area (Å²) < 4.78 is 8.60. The van der Waals surface area contributed by atoms with Crippen molar-refractivity contribution >= 4 is 27.5 Å². The number of hydrogen-bond acceptors (Lipinski definition) is 2. The molecule has 21 heavy (non-hydrogen) atoms. The minimum Gasteiger partial charge on any atom is -0.491 e. The van der Waals surface area contributed by atoms with Crippen molar-refractivity contribution in [2.75, 3.05) is 18.1 Å². The smallest absolute Gasteiger partial charge is 0.275 e. The lowest BCUT2D eigenvalue weighted by atomic mass is 10.2. The molecule has 1 aliphatic heterocycles. The van der Waals surface area contributed by atoms with Gasteiger partial charge in [0.25, 0.3) is 5.91 Å². The number of fused-ring (bicyclic) bond motifs is 1. The van der Waals surface area contributed by atoms with Crippen molar-refractivity contribution in [1.82, 2.24) is 4.57 Å². The van der Waals surface area contributed by atoms with Crippen LogP contribution in [-0.4, -0.2) is 23.6 Å². The molecule has 1 aromatic heterocycles. The monoisotopic (exact) mass is 348 g/mol. The third-order valence-corrected chi connectivity index (χ3v) is 4.04. The Morgan fingerprint density at radius 3 is 3.00 bits per heavy atom. The van der Waals surface area contributed by atoms with E-state index in [9.17, 15) is 4.79 Å². The number of hydrogen-bond donors (Lipinski definition) is 0. The Labute approximate surface area is 132 Å². The first-order valence-electron chi connectivity index (χ1n) is 7.10. The summed E-state index contributed by atoms with van der Waals surface area (Å²) in [7, 11) is 0. The normalized spacial score (nSPS) is 14.3. The van der Waals surface area contributed by atoms with E-state index in [-0.39, 0.29) is 5.91 Å². The van der Waals surface area contributed by atoms with Crippen LogP contribution in [-0.2, 0) is 6.54 Å². The Kier molecular flexibility index (Phi) is 4.01. The molecule has 3 rings (SSSR count). The first kappa shape index (κ1) is 14.2. The Hall–Kier alpha value is -1.75. The fourth-order valence-electron chi connectivity index (χ4n) is 2.59. The second kappa shape index (κ2) is 5.93. The van der Waals surface area contributed by atoms with Crippen LogP contribution in [0.5, 0.6) is 5.75 Å². The maximum atomic E-state index is 12.9. The van der Waals surface area contributed by atoms with Crippen LogP contribution >= 0.6 is 15.9 Å². The van der Waals surface area contributed by atoms with E-state index in [4.69, 9.17) is 4.74 Å². The van der Waals surface area contributed by atoms with Crippen molar-refractivity contribution in [2.24, 2.45) is 0 Å². The highest BCUT2D eigenvalue weighted by Crippen LogP contribution is 2.32. The fraction of sp³-hybridized carbons (Fsp3) is 0.312. The van der Waals surface area contributed by atoms with Gasteiger partial charge in [-0.1, -0.05) is 12.1 Å². The van der Waals surface area contributed by atoms with Gasteiger partial charge in [0.15, 0.2) is 0 Å². The van der Waals surface area contributed by atoms with Crippen molar-refractivity contribution < 1.29 is 9.53 Å². The molecule has 1 aromatic carbocycles. The van der Waals surface area contributed by atoms with Gasteiger partial charge < -0.3 is 14.2 Å². The van der Waals surface area contributed by atoms with Crippen molar-refractivity contribution in [1.29, 1.82) is 0 Å². The van der Waals surface area contributed by atoms with Gasteiger partial charge in [0.1, 0.15) is 11.4 Å². The Morgan fingerprint density at radius 2 is 2.19 bits per heavy atom. The summed E-state index contributed by atoms with van der Waals surface area (Å²) in [5.74, 6) is 0.789. The molecule has 0 bridgehead atoms. The highest BCUT2D eigenvalue weighted by Gasteiger charge is 2.25. The fourth-order valence-corrected chi connectivity index (χ4v) is 3.06. The number of halogens is 1. The van der Waals surface area contributed by atoms with Crippen LogP contribution in [0, 0.1) is 0 Å². The molecule has 0 aliphatic carbocycles. The Balaban J connectivity index is 2.01. The maximum Gasteiger partial charge on any atom is 0.275 e. The van der Waals surface area contributed by atoms with Gasteiger partial charge in [0, 0.05) is 23.8 Å². The molecule has 2 aromatic rings. The quantitative estimate of drug-likeness (QED) is 0.829. The average molecular weight is 349 g/mol. The van der Waals surface area contributed by atoms with E-state index in [1.54, 1.807) is 0 Å². The van der Waals surface area contributed by atoms with E-state index >= 15 is 0 Å². The summed E-state index contributed by atoms with van der Waals surface area (Å²) in [5.41, 5.74) is 1.54. The van der Waals surface area contributed by atoms with E-state index in [1.165, 1.54) is 0 Å². The first-order chi connectivity index (χ1) is 10.2. The molecule has 4 nitrogen and oxygen atoms in total.